The fourth-order valence-corrected chi connectivity index (χ4v) is 4.21. The molecule has 5 rings (SSSR count). The van der Waals surface area contributed by atoms with Gasteiger partial charge in [0.15, 0.2) is 0 Å². The van der Waals surface area contributed by atoms with Gasteiger partial charge in [0.2, 0.25) is 0 Å². The summed E-state index contributed by atoms with van der Waals surface area (Å²) in [5, 5.41) is 15.0. The fourth-order valence-electron chi connectivity index (χ4n) is 4.21. The molecule has 1 fully saturated rings. The number of ether oxygens (including phenoxy) is 1. The smallest absolute Gasteiger partial charge is 0.129 e. The predicted octanol–water partition coefficient (Wildman–Crippen LogP) is 4.45. The van der Waals surface area contributed by atoms with Gasteiger partial charge in [-0.15, -0.1) is 0 Å². The molecule has 0 spiro atoms. The molecule has 3 unspecified atom stereocenters. The summed E-state index contributed by atoms with van der Waals surface area (Å²) in [5.74, 6) is 1.09. The van der Waals surface area contributed by atoms with Crippen LogP contribution in [0.5, 0.6) is 5.75 Å². The number of aromatic nitrogens is 2. The summed E-state index contributed by atoms with van der Waals surface area (Å²) >= 11 is 0. The Labute approximate surface area is 175 Å². The first-order chi connectivity index (χ1) is 14.6. The van der Waals surface area contributed by atoms with E-state index in [-0.39, 0.29) is 12.0 Å². The van der Waals surface area contributed by atoms with Crippen LogP contribution in [0.25, 0.3) is 32.9 Å². The van der Waals surface area contributed by atoms with Crippen LogP contribution in [0.2, 0.25) is 0 Å². The van der Waals surface area contributed by atoms with Gasteiger partial charge in [0.1, 0.15) is 18.1 Å². The normalized spacial score (nSPS) is 20.0. The summed E-state index contributed by atoms with van der Waals surface area (Å²) in [4.78, 5) is 9.18. The molecule has 0 radical (unpaired) electrons. The van der Waals surface area contributed by atoms with E-state index in [1.807, 2.05) is 31.3 Å². The zero-order valence-corrected chi connectivity index (χ0v) is 17.2. The topological polar surface area (TPSA) is 67.3 Å². The number of nitrogens with one attached hydrogen (secondary N) is 1. The number of rotatable bonds is 4. The van der Waals surface area contributed by atoms with Crippen molar-refractivity contribution in [2.24, 2.45) is 5.92 Å². The first-order valence-electron chi connectivity index (χ1n) is 10.4. The van der Waals surface area contributed by atoms with E-state index >= 15 is 0 Å². The Morgan fingerprint density at radius 3 is 2.80 bits per heavy atom. The van der Waals surface area contributed by atoms with Gasteiger partial charge >= 0.3 is 0 Å². The Bertz CT molecular complexity index is 1220. The number of aliphatic hydroxyl groups is 1. The molecule has 1 aliphatic rings. The Kier molecular flexibility index (Phi) is 4.85. The van der Waals surface area contributed by atoms with Crippen molar-refractivity contribution in [3.8, 4) is 16.9 Å². The summed E-state index contributed by atoms with van der Waals surface area (Å²) < 4.78 is 6.42. The van der Waals surface area contributed by atoms with Crippen LogP contribution in [0.3, 0.4) is 0 Å². The molecule has 2 N–H and O–H groups in total. The van der Waals surface area contributed by atoms with Crippen LogP contribution in [0.4, 0.5) is 0 Å². The average Bonchev–Trinajstić information content (AvgIpc) is 3.19. The molecule has 30 heavy (non-hydrogen) atoms. The third kappa shape index (κ3) is 3.62. The summed E-state index contributed by atoms with van der Waals surface area (Å²) in [5.41, 5.74) is 5.09. The molecule has 4 aromatic rings. The van der Waals surface area contributed by atoms with Crippen LogP contribution in [0.15, 0.2) is 60.8 Å². The molecule has 0 amide bonds. The van der Waals surface area contributed by atoms with Crippen LogP contribution >= 0.6 is 0 Å². The zero-order chi connectivity index (χ0) is 20.7. The minimum atomic E-state index is -0.444. The first-order valence-corrected chi connectivity index (χ1v) is 10.4. The van der Waals surface area contributed by atoms with Crippen molar-refractivity contribution in [1.29, 1.82) is 0 Å². The Morgan fingerprint density at radius 2 is 1.97 bits per heavy atom. The number of hydrogen-bond acceptors (Lipinski definition) is 5. The third-order valence-electron chi connectivity index (χ3n) is 5.96. The van der Waals surface area contributed by atoms with Crippen molar-refractivity contribution in [3.63, 3.8) is 0 Å². The lowest BCUT2D eigenvalue weighted by molar-refractivity contribution is 0.128. The molecule has 2 aromatic heterocycles. The van der Waals surface area contributed by atoms with E-state index in [0.29, 0.717) is 6.42 Å². The van der Waals surface area contributed by atoms with E-state index in [2.05, 4.69) is 58.6 Å². The molecular formula is C25H25N3O2. The van der Waals surface area contributed by atoms with Crippen molar-refractivity contribution in [2.75, 3.05) is 6.54 Å². The molecule has 2 aromatic carbocycles. The molecule has 0 aliphatic carbocycles. The van der Waals surface area contributed by atoms with Gasteiger partial charge in [-0.2, -0.15) is 0 Å². The lowest BCUT2D eigenvalue weighted by Crippen LogP contribution is -2.25. The predicted molar refractivity (Wildman–Crippen MR) is 119 cm³/mol. The Hall–Kier alpha value is -3.02. The number of pyridine rings is 2. The quantitative estimate of drug-likeness (QED) is 0.531. The number of hydrogen-bond donors (Lipinski definition) is 2. The highest BCUT2D eigenvalue weighted by atomic mass is 16.5. The highest BCUT2D eigenvalue weighted by Crippen LogP contribution is 2.34. The highest BCUT2D eigenvalue weighted by molar-refractivity contribution is 5.92. The molecule has 3 atom stereocenters. The van der Waals surface area contributed by atoms with Gasteiger partial charge < -0.3 is 9.84 Å². The number of benzene rings is 2. The van der Waals surface area contributed by atoms with E-state index < -0.39 is 6.23 Å². The molecule has 1 aliphatic heterocycles. The van der Waals surface area contributed by atoms with Crippen molar-refractivity contribution < 1.29 is 9.84 Å². The van der Waals surface area contributed by atoms with Crippen molar-refractivity contribution in [1.82, 2.24) is 15.3 Å². The summed E-state index contributed by atoms with van der Waals surface area (Å²) in [6.07, 6.45) is 2.05. The standard InChI is InChI=1S/C25H25N3O2/c1-15-5-6-18-10-17(7-8-22(18)28-15)19-11-23-21(4-3-9-26-23)24(12-19)30-16(2)20-13-25(29)27-14-20/h3-12,16,20,25,27,29H,13-14H2,1-2H3. The Morgan fingerprint density at radius 1 is 1.07 bits per heavy atom. The molecule has 5 nitrogen and oxygen atoms in total. The third-order valence-corrected chi connectivity index (χ3v) is 5.96. The van der Waals surface area contributed by atoms with Gasteiger partial charge in [-0.25, -0.2) is 0 Å². The SMILES string of the molecule is Cc1ccc2cc(-c3cc(OC(C)C4CNC(O)C4)c4cccnc4c3)ccc2n1. The second-order valence-electron chi connectivity index (χ2n) is 8.15. The van der Waals surface area contributed by atoms with Crippen molar-refractivity contribution >= 4 is 21.8 Å². The van der Waals surface area contributed by atoms with Crippen molar-refractivity contribution in [2.45, 2.75) is 32.6 Å². The minimum absolute atomic E-state index is 0.0166. The second kappa shape index (κ2) is 7.67. The molecule has 152 valence electrons. The van der Waals surface area contributed by atoms with Crippen molar-refractivity contribution in [3.05, 3.63) is 66.5 Å². The molecule has 0 saturated carbocycles. The highest BCUT2D eigenvalue weighted by Gasteiger charge is 2.28. The lowest BCUT2D eigenvalue weighted by Gasteiger charge is -2.22. The van der Waals surface area contributed by atoms with Gasteiger partial charge in [0.25, 0.3) is 0 Å². The van der Waals surface area contributed by atoms with Crippen LogP contribution in [-0.2, 0) is 0 Å². The second-order valence-corrected chi connectivity index (χ2v) is 8.15. The number of aryl methyl sites for hydroxylation is 1. The van der Waals surface area contributed by atoms with E-state index in [1.165, 1.54) is 0 Å². The number of nitrogens with zero attached hydrogens (tertiary/aromatic N) is 2. The molecule has 0 bridgehead atoms. The summed E-state index contributed by atoms with van der Waals surface area (Å²) in [6, 6.07) is 18.7. The fraction of sp³-hybridized carbons (Fsp3) is 0.280. The van der Waals surface area contributed by atoms with Crippen LogP contribution in [0, 0.1) is 12.8 Å². The van der Waals surface area contributed by atoms with Gasteiger partial charge in [0, 0.05) is 35.1 Å². The number of aliphatic hydroxyl groups excluding tert-OH is 1. The van der Waals surface area contributed by atoms with Gasteiger partial charge in [-0.05, 0) is 73.9 Å². The maximum absolute atomic E-state index is 9.80. The minimum Gasteiger partial charge on any atom is -0.490 e. The van der Waals surface area contributed by atoms with E-state index in [4.69, 9.17) is 4.74 Å². The number of fused-ring (bicyclic) bond motifs is 2. The van der Waals surface area contributed by atoms with E-state index in [1.54, 1.807) is 0 Å². The largest absolute Gasteiger partial charge is 0.490 e. The van der Waals surface area contributed by atoms with Crippen LogP contribution < -0.4 is 10.1 Å². The summed E-state index contributed by atoms with van der Waals surface area (Å²) in [7, 11) is 0. The molecule has 3 heterocycles. The van der Waals surface area contributed by atoms with Crippen LogP contribution in [-0.4, -0.2) is 34.0 Å². The monoisotopic (exact) mass is 399 g/mol. The van der Waals surface area contributed by atoms with Gasteiger partial charge in [-0.1, -0.05) is 12.1 Å². The molecule has 1 saturated heterocycles. The maximum atomic E-state index is 9.80. The summed E-state index contributed by atoms with van der Waals surface area (Å²) in [6.45, 7) is 4.84. The van der Waals surface area contributed by atoms with Crippen LogP contribution in [0.1, 0.15) is 19.0 Å². The zero-order valence-electron chi connectivity index (χ0n) is 17.2. The maximum Gasteiger partial charge on any atom is 0.129 e. The van der Waals surface area contributed by atoms with E-state index in [9.17, 15) is 5.11 Å². The van der Waals surface area contributed by atoms with E-state index in [0.717, 1.165) is 50.9 Å². The van der Waals surface area contributed by atoms with Gasteiger partial charge in [0.05, 0.1) is 11.0 Å². The first kappa shape index (κ1) is 19.0. The molecule has 5 heteroatoms. The lowest BCUT2D eigenvalue weighted by atomic mass is 10.00. The Balaban J connectivity index is 1.55. The molecular weight excluding hydrogens is 374 g/mol. The average molecular weight is 399 g/mol. The van der Waals surface area contributed by atoms with Gasteiger partial charge in [-0.3, -0.25) is 15.3 Å².